The lowest BCUT2D eigenvalue weighted by atomic mass is 9.80. The molecule has 5 heteroatoms. The van der Waals surface area contributed by atoms with Gasteiger partial charge in [-0.1, -0.05) is 19.3 Å². The number of hydrogen-bond donors (Lipinski definition) is 2. The van der Waals surface area contributed by atoms with Crippen LogP contribution in [0.4, 0.5) is 0 Å². The van der Waals surface area contributed by atoms with E-state index in [4.69, 9.17) is 5.73 Å². The fourth-order valence-electron chi connectivity index (χ4n) is 3.51. The van der Waals surface area contributed by atoms with Crippen molar-refractivity contribution in [2.45, 2.75) is 57.4 Å². The second-order valence-electron chi connectivity index (χ2n) is 6.80. The Balaban J connectivity index is 1.93. The monoisotopic (exact) mass is 281 g/mol. The number of carbonyl (C=O) groups is 2. The Morgan fingerprint density at radius 2 is 1.85 bits per heavy atom. The maximum atomic E-state index is 12.4. The molecule has 3 N–H and O–H groups in total. The van der Waals surface area contributed by atoms with Gasteiger partial charge in [-0.15, -0.1) is 0 Å². The highest BCUT2D eigenvalue weighted by molar-refractivity contribution is 5.85. The number of nitrogens with zero attached hydrogens (tertiary/aromatic N) is 1. The number of nitrogens with two attached hydrogens (primary N) is 1. The Morgan fingerprint density at radius 3 is 2.45 bits per heavy atom. The second-order valence-corrected chi connectivity index (χ2v) is 6.80. The number of likely N-dealkylation sites (tertiary alicyclic amines) is 1. The van der Waals surface area contributed by atoms with Crippen molar-refractivity contribution in [2.75, 3.05) is 20.1 Å². The van der Waals surface area contributed by atoms with Crippen LogP contribution in [0.5, 0.6) is 0 Å². The van der Waals surface area contributed by atoms with Crippen molar-refractivity contribution in [1.82, 2.24) is 10.2 Å². The highest BCUT2D eigenvalue weighted by Gasteiger charge is 2.42. The smallest absolute Gasteiger partial charge is 0.227 e. The molecule has 0 spiro atoms. The molecular weight excluding hydrogens is 254 g/mol. The van der Waals surface area contributed by atoms with Gasteiger partial charge in [0.05, 0.1) is 5.41 Å². The Labute approximate surface area is 121 Å². The van der Waals surface area contributed by atoms with Crippen molar-refractivity contribution in [2.24, 2.45) is 11.1 Å². The van der Waals surface area contributed by atoms with Crippen LogP contribution in [0, 0.1) is 5.41 Å². The predicted molar refractivity (Wildman–Crippen MR) is 78.0 cm³/mol. The average Bonchev–Trinajstić information content (AvgIpc) is 2.82. The van der Waals surface area contributed by atoms with Crippen molar-refractivity contribution >= 4 is 11.8 Å². The molecule has 2 fully saturated rings. The fourth-order valence-corrected chi connectivity index (χ4v) is 3.51. The first-order chi connectivity index (χ1) is 9.38. The summed E-state index contributed by atoms with van der Waals surface area (Å²) in [6.07, 6.45) is 6.52. The molecule has 2 aliphatic rings. The van der Waals surface area contributed by atoms with Crippen LogP contribution in [0.3, 0.4) is 0 Å². The molecule has 1 saturated carbocycles. The third-order valence-corrected chi connectivity index (χ3v) is 4.95. The molecule has 1 atom stereocenters. The summed E-state index contributed by atoms with van der Waals surface area (Å²) in [7, 11) is 1.65. The number of rotatable bonds is 3. The molecule has 1 aliphatic carbocycles. The minimum atomic E-state index is -0.446. The lowest BCUT2D eigenvalue weighted by Gasteiger charge is -2.34. The number of nitrogens with one attached hydrogen (secondary N) is 1. The van der Waals surface area contributed by atoms with Gasteiger partial charge in [-0.3, -0.25) is 9.59 Å². The minimum Gasteiger partial charge on any atom is -0.359 e. The Kier molecular flexibility index (Phi) is 4.37. The zero-order valence-electron chi connectivity index (χ0n) is 12.7. The van der Waals surface area contributed by atoms with Gasteiger partial charge in [0.2, 0.25) is 11.8 Å². The molecule has 20 heavy (non-hydrogen) atoms. The summed E-state index contributed by atoms with van der Waals surface area (Å²) in [5.41, 5.74) is 5.59. The first-order valence-electron chi connectivity index (χ1n) is 7.67. The summed E-state index contributed by atoms with van der Waals surface area (Å²) in [4.78, 5) is 26.1. The van der Waals surface area contributed by atoms with E-state index in [-0.39, 0.29) is 17.4 Å². The first kappa shape index (κ1) is 15.3. The lowest BCUT2D eigenvalue weighted by Crippen LogP contribution is -2.47. The van der Waals surface area contributed by atoms with Gasteiger partial charge in [-0.25, -0.2) is 0 Å². The highest BCUT2D eigenvalue weighted by Crippen LogP contribution is 2.33. The molecule has 1 aliphatic heterocycles. The summed E-state index contributed by atoms with van der Waals surface area (Å²) in [5.74, 6) is 0.134. The molecule has 0 radical (unpaired) electrons. The van der Waals surface area contributed by atoms with Gasteiger partial charge in [0.15, 0.2) is 0 Å². The van der Waals surface area contributed by atoms with Crippen molar-refractivity contribution in [3.8, 4) is 0 Å². The van der Waals surface area contributed by atoms with E-state index in [1.54, 1.807) is 7.05 Å². The van der Waals surface area contributed by atoms with Gasteiger partial charge in [-0.05, 0) is 26.2 Å². The van der Waals surface area contributed by atoms with E-state index in [0.717, 1.165) is 32.1 Å². The van der Waals surface area contributed by atoms with Crippen molar-refractivity contribution in [1.29, 1.82) is 0 Å². The predicted octanol–water partition coefficient (Wildman–Crippen LogP) is 1.02. The van der Waals surface area contributed by atoms with E-state index in [9.17, 15) is 9.59 Å². The van der Waals surface area contributed by atoms with Crippen LogP contribution >= 0.6 is 0 Å². The molecule has 114 valence electrons. The van der Waals surface area contributed by atoms with Crippen LogP contribution in [-0.4, -0.2) is 42.4 Å². The van der Waals surface area contributed by atoms with Gasteiger partial charge >= 0.3 is 0 Å². The van der Waals surface area contributed by atoms with Crippen molar-refractivity contribution < 1.29 is 9.59 Å². The van der Waals surface area contributed by atoms with E-state index in [2.05, 4.69) is 5.32 Å². The Hall–Kier alpha value is -1.10. The maximum Gasteiger partial charge on any atom is 0.227 e. The molecule has 1 saturated heterocycles. The highest BCUT2D eigenvalue weighted by atomic mass is 16.2. The summed E-state index contributed by atoms with van der Waals surface area (Å²) in [6, 6.07) is 0. The fraction of sp³-hybridized carbons (Fsp3) is 0.867. The van der Waals surface area contributed by atoms with Crippen LogP contribution in [0.1, 0.15) is 51.9 Å². The summed E-state index contributed by atoms with van der Waals surface area (Å²) in [5, 5.41) is 2.69. The van der Waals surface area contributed by atoms with Crippen LogP contribution in [0.2, 0.25) is 0 Å². The average molecular weight is 281 g/mol. The summed E-state index contributed by atoms with van der Waals surface area (Å²) < 4.78 is 0. The Morgan fingerprint density at radius 1 is 1.20 bits per heavy atom. The Bertz CT molecular complexity index is 391. The van der Waals surface area contributed by atoms with E-state index >= 15 is 0 Å². The third kappa shape index (κ3) is 3.14. The molecule has 2 amide bonds. The van der Waals surface area contributed by atoms with E-state index in [0.29, 0.717) is 19.5 Å². The van der Waals surface area contributed by atoms with E-state index < -0.39 is 5.41 Å². The van der Waals surface area contributed by atoms with Gasteiger partial charge < -0.3 is 16.0 Å². The van der Waals surface area contributed by atoms with E-state index in [1.165, 1.54) is 6.42 Å². The summed E-state index contributed by atoms with van der Waals surface area (Å²) in [6.45, 7) is 3.11. The topological polar surface area (TPSA) is 75.4 Å². The second kappa shape index (κ2) is 5.72. The largest absolute Gasteiger partial charge is 0.359 e. The molecule has 2 rings (SSSR count). The van der Waals surface area contributed by atoms with Crippen LogP contribution < -0.4 is 11.1 Å². The molecule has 1 heterocycles. The third-order valence-electron chi connectivity index (χ3n) is 4.95. The SMILES string of the molecule is CNC(=O)C1(C)CCN(C(=O)CC2(N)CCCCC2)C1. The molecule has 0 aromatic heterocycles. The van der Waals surface area contributed by atoms with Gasteiger partial charge in [0, 0.05) is 32.1 Å². The van der Waals surface area contributed by atoms with Crippen molar-refractivity contribution in [3.63, 3.8) is 0 Å². The normalized spacial score (nSPS) is 29.2. The quantitative estimate of drug-likeness (QED) is 0.811. The van der Waals surface area contributed by atoms with Crippen LogP contribution in [-0.2, 0) is 9.59 Å². The zero-order chi connectivity index (χ0) is 14.8. The van der Waals surface area contributed by atoms with Crippen LogP contribution in [0.25, 0.3) is 0 Å². The first-order valence-corrected chi connectivity index (χ1v) is 7.67. The van der Waals surface area contributed by atoms with Gasteiger partial charge in [-0.2, -0.15) is 0 Å². The van der Waals surface area contributed by atoms with Gasteiger partial charge in [0.25, 0.3) is 0 Å². The number of amides is 2. The van der Waals surface area contributed by atoms with E-state index in [1.807, 2.05) is 11.8 Å². The number of carbonyl (C=O) groups excluding carboxylic acids is 2. The molecule has 0 aromatic carbocycles. The molecule has 0 bridgehead atoms. The van der Waals surface area contributed by atoms with Gasteiger partial charge in [0.1, 0.15) is 0 Å². The molecular formula is C15H27N3O2. The summed E-state index contributed by atoms with van der Waals surface area (Å²) >= 11 is 0. The number of hydrogen-bond acceptors (Lipinski definition) is 3. The zero-order valence-corrected chi connectivity index (χ0v) is 12.7. The lowest BCUT2D eigenvalue weighted by molar-refractivity contribution is -0.133. The van der Waals surface area contributed by atoms with Crippen LogP contribution in [0.15, 0.2) is 0 Å². The standard InChI is InChI=1S/C15H27N3O2/c1-14(13(20)17-2)8-9-18(11-14)12(19)10-15(16)6-4-3-5-7-15/h3-11,16H2,1-2H3,(H,17,20). The maximum absolute atomic E-state index is 12.4. The van der Waals surface area contributed by atoms with Crippen molar-refractivity contribution in [3.05, 3.63) is 0 Å². The minimum absolute atomic E-state index is 0.0212. The molecule has 0 aromatic rings. The molecule has 1 unspecified atom stereocenters. The molecule has 5 nitrogen and oxygen atoms in total.